The van der Waals surface area contributed by atoms with Crippen LogP contribution in [-0.2, 0) is 16.6 Å². The van der Waals surface area contributed by atoms with Gasteiger partial charge in [-0.1, -0.05) is 26.0 Å². The molecule has 16 heteroatoms. The SMILES string of the molecule is Cc1ccc2nc(C(F)F)c(C(=O)NCc3ccc(N4CCN(S(=O)(=O)C(F)(F)F)C(C(C)C)=N4)c(F)c3)n2c1. The van der Waals surface area contributed by atoms with Crippen molar-refractivity contribution in [1.29, 1.82) is 0 Å². The predicted molar refractivity (Wildman–Crippen MR) is 134 cm³/mol. The van der Waals surface area contributed by atoms with Crippen molar-refractivity contribution >= 4 is 33.1 Å². The van der Waals surface area contributed by atoms with Gasteiger partial charge in [0.05, 0.1) is 18.8 Å². The third-order valence-corrected chi connectivity index (χ3v) is 7.59. The minimum absolute atomic E-state index is 0.130. The predicted octanol–water partition coefficient (Wildman–Crippen LogP) is 4.59. The molecule has 1 aliphatic rings. The quantitative estimate of drug-likeness (QED) is 0.406. The summed E-state index contributed by atoms with van der Waals surface area (Å²) in [6, 6.07) is 6.89. The summed E-state index contributed by atoms with van der Waals surface area (Å²) in [4.78, 5) is 16.7. The number of anilines is 1. The first-order chi connectivity index (χ1) is 18.6. The molecular formula is C24H24F6N6O3S. The van der Waals surface area contributed by atoms with Gasteiger partial charge in [-0.05, 0) is 36.2 Å². The van der Waals surface area contributed by atoms with E-state index in [1.54, 1.807) is 13.0 Å². The van der Waals surface area contributed by atoms with Gasteiger partial charge in [-0.2, -0.15) is 26.7 Å². The lowest BCUT2D eigenvalue weighted by Crippen LogP contribution is -2.52. The van der Waals surface area contributed by atoms with E-state index in [4.69, 9.17) is 0 Å². The molecule has 0 spiro atoms. The normalized spacial score (nSPS) is 14.8. The Morgan fingerprint density at radius 2 is 1.82 bits per heavy atom. The molecule has 0 saturated carbocycles. The number of aromatic nitrogens is 2. The van der Waals surface area contributed by atoms with E-state index in [9.17, 15) is 35.2 Å². The van der Waals surface area contributed by atoms with Crippen LogP contribution >= 0.6 is 0 Å². The molecule has 1 N–H and O–H groups in total. The molecule has 2 aromatic heterocycles. The minimum Gasteiger partial charge on any atom is -0.347 e. The zero-order valence-corrected chi connectivity index (χ0v) is 22.2. The molecule has 0 bridgehead atoms. The summed E-state index contributed by atoms with van der Waals surface area (Å²) in [6.45, 7) is 3.42. The Kier molecular flexibility index (Phi) is 7.75. The van der Waals surface area contributed by atoms with Crippen molar-refractivity contribution in [2.75, 3.05) is 18.1 Å². The highest BCUT2D eigenvalue weighted by Gasteiger charge is 2.52. The van der Waals surface area contributed by atoms with Crippen molar-refractivity contribution < 1.29 is 39.6 Å². The summed E-state index contributed by atoms with van der Waals surface area (Å²) in [7, 11) is -5.69. The van der Waals surface area contributed by atoms with Crippen molar-refractivity contribution in [3.8, 4) is 0 Å². The number of nitrogens with one attached hydrogen (secondary N) is 1. The van der Waals surface area contributed by atoms with Gasteiger partial charge in [-0.25, -0.2) is 22.5 Å². The van der Waals surface area contributed by atoms with Crippen LogP contribution in [0, 0.1) is 18.7 Å². The Labute approximate surface area is 225 Å². The average molecular weight is 591 g/mol. The summed E-state index contributed by atoms with van der Waals surface area (Å²) in [5.41, 5.74) is -5.59. The van der Waals surface area contributed by atoms with E-state index in [1.807, 2.05) is 0 Å². The lowest BCUT2D eigenvalue weighted by atomic mass is 10.1. The molecule has 0 radical (unpaired) electrons. The van der Waals surface area contributed by atoms with E-state index in [0.717, 1.165) is 11.1 Å². The number of amides is 1. The molecule has 0 saturated heterocycles. The molecule has 216 valence electrons. The Morgan fingerprint density at radius 3 is 2.42 bits per heavy atom. The van der Waals surface area contributed by atoms with Crippen molar-refractivity contribution in [2.24, 2.45) is 11.0 Å². The van der Waals surface area contributed by atoms with Crippen LogP contribution in [0.5, 0.6) is 0 Å². The second-order valence-electron chi connectivity index (χ2n) is 9.31. The third-order valence-electron chi connectivity index (χ3n) is 6.05. The zero-order chi connectivity index (χ0) is 29.6. The first-order valence-electron chi connectivity index (χ1n) is 11.9. The molecule has 1 amide bonds. The van der Waals surface area contributed by atoms with E-state index < -0.39 is 57.7 Å². The number of pyridine rings is 1. The number of carbonyl (C=O) groups is 1. The number of carbonyl (C=O) groups excluding carboxylic acids is 1. The van der Waals surface area contributed by atoms with E-state index in [-0.39, 0.29) is 40.0 Å². The number of imidazole rings is 1. The van der Waals surface area contributed by atoms with E-state index in [0.29, 0.717) is 5.56 Å². The number of alkyl halides is 5. The number of rotatable bonds is 7. The summed E-state index contributed by atoms with van der Waals surface area (Å²) >= 11 is 0. The molecule has 3 heterocycles. The Balaban J connectivity index is 1.55. The summed E-state index contributed by atoms with van der Waals surface area (Å²) in [6.07, 6.45) is -1.52. The Morgan fingerprint density at radius 1 is 1.12 bits per heavy atom. The van der Waals surface area contributed by atoms with Crippen molar-refractivity contribution in [1.82, 2.24) is 19.0 Å². The molecule has 0 unspecified atom stereocenters. The maximum Gasteiger partial charge on any atom is 0.516 e. The highest BCUT2D eigenvalue weighted by molar-refractivity contribution is 7.90. The number of benzene rings is 1. The lowest BCUT2D eigenvalue weighted by Gasteiger charge is -2.35. The number of amidine groups is 1. The van der Waals surface area contributed by atoms with Crippen LogP contribution in [0.25, 0.3) is 5.65 Å². The van der Waals surface area contributed by atoms with E-state index >= 15 is 4.39 Å². The maximum atomic E-state index is 15.1. The topological polar surface area (TPSA) is 99.4 Å². The molecule has 3 aromatic rings. The Bertz CT molecular complexity index is 1590. The molecule has 1 aromatic carbocycles. The van der Waals surface area contributed by atoms with Crippen LogP contribution in [0.3, 0.4) is 0 Å². The van der Waals surface area contributed by atoms with Crippen LogP contribution in [0.15, 0.2) is 41.6 Å². The van der Waals surface area contributed by atoms with Crippen molar-refractivity contribution in [2.45, 2.75) is 39.2 Å². The largest absolute Gasteiger partial charge is 0.516 e. The number of hydrogen-bond acceptors (Lipinski definition) is 6. The zero-order valence-electron chi connectivity index (χ0n) is 21.4. The van der Waals surface area contributed by atoms with Gasteiger partial charge in [-0.15, -0.1) is 0 Å². The van der Waals surface area contributed by atoms with Gasteiger partial charge in [0.2, 0.25) is 0 Å². The van der Waals surface area contributed by atoms with Crippen molar-refractivity contribution in [3.05, 3.63) is 64.9 Å². The third kappa shape index (κ3) is 5.44. The summed E-state index contributed by atoms with van der Waals surface area (Å²) in [5.74, 6) is -2.84. The fraction of sp³-hybridized carbons (Fsp3) is 0.375. The van der Waals surface area contributed by atoms with Crippen molar-refractivity contribution in [3.63, 3.8) is 0 Å². The average Bonchev–Trinajstić information content (AvgIpc) is 3.25. The minimum atomic E-state index is -5.69. The van der Waals surface area contributed by atoms with Gasteiger partial charge >= 0.3 is 15.5 Å². The van der Waals surface area contributed by atoms with Gasteiger partial charge in [0.15, 0.2) is 0 Å². The van der Waals surface area contributed by atoms with E-state index in [2.05, 4.69) is 15.4 Å². The van der Waals surface area contributed by atoms with E-state index in [1.165, 1.54) is 42.6 Å². The molecule has 0 atom stereocenters. The smallest absolute Gasteiger partial charge is 0.347 e. The highest BCUT2D eigenvalue weighted by atomic mass is 32.2. The fourth-order valence-electron chi connectivity index (χ4n) is 4.15. The molecular weight excluding hydrogens is 566 g/mol. The first-order valence-corrected chi connectivity index (χ1v) is 13.3. The summed E-state index contributed by atoms with van der Waals surface area (Å²) < 4.78 is 107. The summed E-state index contributed by atoms with van der Waals surface area (Å²) in [5, 5.41) is 7.51. The molecule has 0 fully saturated rings. The van der Waals surface area contributed by atoms with Crippen LogP contribution in [0.4, 0.5) is 32.0 Å². The van der Waals surface area contributed by atoms with Crippen LogP contribution < -0.4 is 10.3 Å². The Hall–Kier alpha value is -3.82. The van der Waals surface area contributed by atoms with Crippen LogP contribution in [-0.4, -0.2) is 52.4 Å². The standard InChI is InChI=1S/C24H24F6N6O3S/c1-13(2)22-33-35(8-9-36(22)40(38,39)24(28,29)30)17-6-5-15(10-16(17)25)11-31-23(37)20-19(21(26)27)32-18-7-4-14(3)12-34(18)20/h4-7,10,12-13,21H,8-9,11H2,1-3H3,(H,31,37). The molecule has 0 aliphatic carbocycles. The van der Waals surface area contributed by atoms with Crippen LogP contribution in [0.1, 0.15) is 47.6 Å². The number of halogens is 6. The number of sulfonamides is 1. The second-order valence-corrected chi connectivity index (χ2v) is 11.2. The molecule has 9 nitrogen and oxygen atoms in total. The monoisotopic (exact) mass is 590 g/mol. The number of nitrogens with zero attached hydrogens (tertiary/aromatic N) is 5. The lowest BCUT2D eigenvalue weighted by molar-refractivity contribution is -0.0473. The molecule has 40 heavy (non-hydrogen) atoms. The molecule has 4 rings (SSSR count). The van der Waals surface area contributed by atoms with Gasteiger partial charge in [-0.3, -0.25) is 14.2 Å². The van der Waals surface area contributed by atoms with Gasteiger partial charge < -0.3 is 5.32 Å². The highest BCUT2D eigenvalue weighted by Crippen LogP contribution is 2.31. The van der Waals surface area contributed by atoms with Gasteiger partial charge in [0, 0.05) is 18.7 Å². The first kappa shape index (κ1) is 29.2. The maximum absolute atomic E-state index is 15.1. The van der Waals surface area contributed by atoms with Gasteiger partial charge in [0.25, 0.3) is 12.3 Å². The fourth-order valence-corrected chi connectivity index (χ4v) is 5.22. The number of fused-ring (bicyclic) bond motifs is 1. The number of hydrogen-bond donors (Lipinski definition) is 1. The number of aryl methyl sites for hydroxylation is 1. The molecule has 1 aliphatic heterocycles. The van der Waals surface area contributed by atoms with Gasteiger partial charge in [0.1, 0.15) is 28.7 Å². The van der Waals surface area contributed by atoms with Crippen LogP contribution in [0.2, 0.25) is 0 Å². The second kappa shape index (κ2) is 10.6. The number of hydrazone groups is 1.